The lowest BCUT2D eigenvalue weighted by atomic mass is 10.3. The van der Waals surface area contributed by atoms with Gasteiger partial charge in [0.2, 0.25) is 0 Å². The van der Waals surface area contributed by atoms with E-state index in [9.17, 15) is 22.4 Å². The molecule has 7 heteroatoms. The highest BCUT2D eigenvalue weighted by atomic mass is 32.2. The van der Waals surface area contributed by atoms with Crippen molar-refractivity contribution in [2.45, 2.75) is 17.9 Å². The monoisotopic (exact) mass is 270 g/mol. The van der Waals surface area contributed by atoms with Gasteiger partial charge in [-0.15, -0.1) is 0 Å². The molecule has 17 heavy (non-hydrogen) atoms. The zero-order chi connectivity index (χ0) is 13.5. The molecule has 0 saturated heterocycles. The topological polar surface area (TPSA) is 20.2 Å². The minimum absolute atomic E-state index is 0.186. The molecular weight excluding hydrogens is 255 g/mol. The van der Waals surface area contributed by atoms with Crippen molar-refractivity contribution >= 4 is 18.1 Å². The van der Waals surface area contributed by atoms with Gasteiger partial charge >= 0.3 is 7.25 Å². The number of rotatable bonds is 3. The minimum atomic E-state index is -6.00. The maximum Gasteiger partial charge on any atom is 0.673 e. The second-order valence-electron chi connectivity index (χ2n) is 3.46. The number of aliphatic hydroxyl groups excluding tert-OH is 1. The van der Waals surface area contributed by atoms with Gasteiger partial charge in [-0.3, -0.25) is 0 Å². The first kappa shape index (κ1) is 16.3. The second-order valence-corrected chi connectivity index (χ2v) is 5.54. The van der Waals surface area contributed by atoms with Crippen LogP contribution in [0.5, 0.6) is 0 Å². The Kier molecular flexibility index (Phi) is 7.30. The number of benzene rings is 1. The van der Waals surface area contributed by atoms with Crippen LogP contribution in [0, 0.1) is 0 Å². The molecule has 1 aromatic rings. The average Bonchev–Trinajstić information content (AvgIpc) is 2.15. The van der Waals surface area contributed by atoms with Crippen molar-refractivity contribution < 1.29 is 22.4 Å². The molecule has 0 aromatic heterocycles. The smallest absolute Gasteiger partial charge is 0.418 e. The molecule has 1 rings (SSSR count). The fraction of sp³-hybridized carbons (Fsp3) is 0.400. The van der Waals surface area contributed by atoms with Crippen LogP contribution in [0.4, 0.5) is 17.3 Å². The summed E-state index contributed by atoms with van der Waals surface area (Å²) < 4.78 is 39.0. The molecule has 0 amide bonds. The minimum Gasteiger partial charge on any atom is -0.418 e. The summed E-state index contributed by atoms with van der Waals surface area (Å²) in [4.78, 5) is 1.33. The summed E-state index contributed by atoms with van der Waals surface area (Å²) in [6.07, 6.45) is 1.97. The summed E-state index contributed by atoms with van der Waals surface area (Å²) in [7, 11) is -5.81. The van der Waals surface area contributed by atoms with E-state index < -0.39 is 7.25 Å². The Morgan fingerprint density at radius 2 is 1.59 bits per heavy atom. The van der Waals surface area contributed by atoms with Gasteiger partial charge in [-0.2, -0.15) is 0 Å². The van der Waals surface area contributed by atoms with Crippen LogP contribution < -0.4 is 0 Å². The van der Waals surface area contributed by atoms with Crippen molar-refractivity contribution in [3.63, 3.8) is 0 Å². The Bertz CT molecular complexity index is 299. The number of halogens is 4. The maximum atomic E-state index is 9.75. The van der Waals surface area contributed by atoms with Crippen LogP contribution in [0.25, 0.3) is 0 Å². The lowest BCUT2D eigenvalue weighted by Crippen LogP contribution is -2.16. The van der Waals surface area contributed by atoms with Crippen molar-refractivity contribution in [3.05, 3.63) is 30.3 Å². The molecule has 0 saturated carbocycles. The van der Waals surface area contributed by atoms with E-state index in [1.807, 2.05) is 25.1 Å². The van der Waals surface area contributed by atoms with Crippen LogP contribution in [0.3, 0.4) is 0 Å². The van der Waals surface area contributed by atoms with Crippen LogP contribution in [0.15, 0.2) is 35.2 Å². The van der Waals surface area contributed by atoms with Gasteiger partial charge in [0.15, 0.2) is 4.90 Å². The molecule has 1 nitrogen and oxygen atoms in total. The normalized spacial score (nSPS) is 14.5. The zero-order valence-corrected chi connectivity index (χ0v) is 10.4. The first-order chi connectivity index (χ1) is 7.70. The third kappa shape index (κ3) is 11.6. The number of hydrogen-bond acceptors (Lipinski definition) is 1. The van der Waals surface area contributed by atoms with E-state index in [1.54, 1.807) is 0 Å². The molecule has 2 atom stereocenters. The fourth-order valence-corrected chi connectivity index (χ4v) is 2.65. The Labute approximate surface area is 101 Å². The van der Waals surface area contributed by atoms with Gasteiger partial charge in [-0.1, -0.05) is 18.2 Å². The largest absolute Gasteiger partial charge is 0.673 e. The molecular formula is C10H15BF4OS. The summed E-state index contributed by atoms with van der Waals surface area (Å²) in [6, 6.07) is 10.3. The molecule has 0 fully saturated rings. The molecule has 0 bridgehead atoms. The van der Waals surface area contributed by atoms with Crippen molar-refractivity contribution in [1.29, 1.82) is 0 Å². The van der Waals surface area contributed by atoms with Gasteiger partial charge in [0.05, 0.1) is 6.10 Å². The Morgan fingerprint density at radius 3 is 1.94 bits per heavy atom. The lowest BCUT2D eigenvalue weighted by Gasteiger charge is -2.04. The van der Waals surface area contributed by atoms with Gasteiger partial charge in [0, 0.05) is 10.9 Å². The van der Waals surface area contributed by atoms with Gasteiger partial charge in [-0.05, 0) is 19.1 Å². The first-order valence-corrected chi connectivity index (χ1v) is 6.73. The van der Waals surface area contributed by atoms with Crippen LogP contribution >= 0.6 is 0 Å². The van der Waals surface area contributed by atoms with E-state index in [0.29, 0.717) is 0 Å². The van der Waals surface area contributed by atoms with E-state index >= 15 is 0 Å². The molecule has 1 aromatic carbocycles. The predicted octanol–water partition coefficient (Wildman–Crippen LogP) is 2.97. The predicted molar refractivity (Wildman–Crippen MR) is 64.7 cm³/mol. The summed E-state index contributed by atoms with van der Waals surface area (Å²) in [6.45, 7) is 1.84. The number of hydrogen-bond donors (Lipinski definition) is 1. The van der Waals surface area contributed by atoms with Crippen molar-refractivity contribution in [2.75, 3.05) is 12.0 Å². The molecule has 0 spiro atoms. The molecule has 0 radical (unpaired) electrons. The third-order valence-corrected chi connectivity index (χ3v) is 3.70. The zero-order valence-electron chi connectivity index (χ0n) is 9.62. The average molecular weight is 270 g/mol. The number of aliphatic hydroxyl groups is 1. The van der Waals surface area contributed by atoms with E-state index in [2.05, 4.69) is 18.4 Å². The van der Waals surface area contributed by atoms with Gasteiger partial charge in [0.1, 0.15) is 12.0 Å². The molecule has 1 N–H and O–H groups in total. The molecule has 2 unspecified atom stereocenters. The quantitative estimate of drug-likeness (QED) is 0.508. The van der Waals surface area contributed by atoms with Crippen molar-refractivity contribution in [3.8, 4) is 0 Å². The van der Waals surface area contributed by atoms with Crippen molar-refractivity contribution in [1.82, 2.24) is 0 Å². The summed E-state index contributed by atoms with van der Waals surface area (Å²) in [5, 5.41) is 9.19. The SMILES string of the molecule is CC(O)C[S+](C)c1ccccc1.F[B-](F)(F)F. The van der Waals surface area contributed by atoms with E-state index in [-0.39, 0.29) is 17.0 Å². The maximum absolute atomic E-state index is 9.75. The fourth-order valence-electron chi connectivity index (χ4n) is 1.11. The van der Waals surface area contributed by atoms with Crippen molar-refractivity contribution in [2.24, 2.45) is 0 Å². The standard InChI is InChI=1S/C10H15OS.BF4/c1-9(11)8-12(2)10-6-4-3-5-7-10;2-1(3,4)5/h3-7,9,11H,8H2,1-2H3;/q+1;-1. The van der Waals surface area contributed by atoms with Crippen LogP contribution in [0.2, 0.25) is 0 Å². The van der Waals surface area contributed by atoms with Crippen LogP contribution in [0.1, 0.15) is 6.92 Å². The molecule has 0 aliphatic heterocycles. The highest BCUT2D eigenvalue weighted by Crippen LogP contribution is 2.11. The summed E-state index contributed by atoms with van der Waals surface area (Å²) in [5.41, 5.74) is 0. The van der Waals surface area contributed by atoms with E-state index in [1.165, 1.54) is 4.90 Å². The second kappa shape index (κ2) is 7.60. The Morgan fingerprint density at radius 1 is 1.18 bits per heavy atom. The van der Waals surface area contributed by atoms with E-state index in [4.69, 9.17) is 0 Å². The molecule has 0 aliphatic carbocycles. The third-order valence-electron chi connectivity index (χ3n) is 1.64. The van der Waals surface area contributed by atoms with E-state index in [0.717, 1.165) is 5.75 Å². The summed E-state index contributed by atoms with van der Waals surface area (Å²) >= 11 is 0. The molecule has 0 heterocycles. The molecule has 0 aliphatic rings. The highest BCUT2D eigenvalue weighted by molar-refractivity contribution is 7.96. The lowest BCUT2D eigenvalue weighted by molar-refractivity contribution is 0.220. The van der Waals surface area contributed by atoms with Gasteiger partial charge < -0.3 is 22.4 Å². The van der Waals surface area contributed by atoms with Gasteiger partial charge in [0.25, 0.3) is 0 Å². The Balaban J connectivity index is 0.000000437. The summed E-state index contributed by atoms with van der Waals surface area (Å²) in [5.74, 6) is 0.865. The van der Waals surface area contributed by atoms with Gasteiger partial charge in [-0.25, -0.2) is 0 Å². The highest BCUT2D eigenvalue weighted by Gasteiger charge is 2.20. The van der Waals surface area contributed by atoms with Crippen LogP contribution in [-0.4, -0.2) is 30.5 Å². The molecule has 98 valence electrons. The first-order valence-electron chi connectivity index (χ1n) is 4.93. The Hall–Kier alpha value is -0.685. The van der Waals surface area contributed by atoms with Crippen LogP contribution in [-0.2, 0) is 10.9 Å².